The first kappa shape index (κ1) is 14.0. The van der Waals surface area contributed by atoms with Crippen molar-refractivity contribution in [3.8, 4) is 0 Å². The fraction of sp³-hybridized carbons (Fsp3) is 0.647. The van der Waals surface area contributed by atoms with Crippen molar-refractivity contribution in [3.63, 3.8) is 0 Å². The SMILES string of the molecule is CCCC[C@@H]1CN(c2nnc3ccccn23)C[C@H](C2CC2)O1. The normalized spacial score (nSPS) is 25.8. The van der Waals surface area contributed by atoms with E-state index in [1.54, 1.807) is 0 Å². The standard InChI is InChI=1S/C17H24N4O/c1-2-3-6-14-11-20(12-15(22-14)13-8-9-13)17-19-18-16-7-4-5-10-21(16)17/h4-5,7,10,13-15H,2-3,6,8-9,11-12H2,1H3/t14-,15-/m1/s1. The van der Waals surface area contributed by atoms with E-state index in [4.69, 9.17) is 4.74 Å². The number of hydrogen-bond acceptors (Lipinski definition) is 4. The molecule has 3 heterocycles. The van der Waals surface area contributed by atoms with Crippen molar-refractivity contribution in [2.45, 2.75) is 51.2 Å². The van der Waals surface area contributed by atoms with E-state index in [1.165, 1.54) is 25.7 Å². The molecule has 5 heteroatoms. The average Bonchev–Trinajstić information content (AvgIpc) is 3.32. The van der Waals surface area contributed by atoms with Crippen LogP contribution in [0.25, 0.3) is 5.65 Å². The highest BCUT2D eigenvalue weighted by molar-refractivity contribution is 5.46. The lowest BCUT2D eigenvalue weighted by atomic mass is 10.1. The van der Waals surface area contributed by atoms with Crippen molar-refractivity contribution in [2.24, 2.45) is 5.92 Å². The molecule has 0 unspecified atom stereocenters. The molecule has 2 atom stereocenters. The Balaban J connectivity index is 1.58. The van der Waals surface area contributed by atoms with Crippen LogP contribution in [-0.2, 0) is 4.74 Å². The number of anilines is 1. The third-order valence-corrected chi connectivity index (χ3v) is 4.80. The van der Waals surface area contributed by atoms with Gasteiger partial charge in [-0.2, -0.15) is 0 Å². The highest BCUT2D eigenvalue weighted by atomic mass is 16.5. The number of ether oxygens (including phenoxy) is 1. The minimum atomic E-state index is 0.329. The van der Waals surface area contributed by atoms with Crippen molar-refractivity contribution >= 4 is 11.6 Å². The van der Waals surface area contributed by atoms with Gasteiger partial charge in [0.05, 0.1) is 12.2 Å². The maximum absolute atomic E-state index is 6.35. The Bertz CT molecular complexity index is 636. The van der Waals surface area contributed by atoms with Gasteiger partial charge in [0.2, 0.25) is 5.95 Å². The summed E-state index contributed by atoms with van der Waals surface area (Å²) in [6.45, 7) is 4.12. The van der Waals surface area contributed by atoms with Gasteiger partial charge in [-0.3, -0.25) is 4.40 Å². The molecule has 0 bridgehead atoms. The molecule has 1 saturated carbocycles. The molecule has 0 radical (unpaired) electrons. The molecule has 5 nitrogen and oxygen atoms in total. The fourth-order valence-electron chi connectivity index (χ4n) is 3.40. The predicted molar refractivity (Wildman–Crippen MR) is 86.1 cm³/mol. The fourth-order valence-corrected chi connectivity index (χ4v) is 3.40. The van der Waals surface area contributed by atoms with E-state index in [0.717, 1.165) is 37.0 Å². The van der Waals surface area contributed by atoms with E-state index < -0.39 is 0 Å². The third kappa shape index (κ3) is 2.70. The minimum absolute atomic E-state index is 0.329. The highest BCUT2D eigenvalue weighted by Crippen LogP contribution is 2.38. The van der Waals surface area contributed by atoms with Crippen molar-refractivity contribution < 1.29 is 4.74 Å². The summed E-state index contributed by atoms with van der Waals surface area (Å²) in [6, 6.07) is 6.04. The Kier molecular flexibility index (Phi) is 3.74. The van der Waals surface area contributed by atoms with Crippen molar-refractivity contribution in [2.75, 3.05) is 18.0 Å². The molecule has 2 aromatic heterocycles. The molecular weight excluding hydrogens is 276 g/mol. The minimum Gasteiger partial charge on any atom is -0.371 e. The molecule has 118 valence electrons. The third-order valence-electron chi connectivity index (χ3n) is 4.80. The zero-order valence-corrected chi connectivity index (χ0v) is 13.2. The summed E-state index contributed by atoms with van der Waals surface area (Å²) < 4.78 is 8.44. The summed E-state index contributed by atoms with van der Waals surface area (Å²) in [5.74, 6) is 1.72. The Labute approximate surface area is 131 Å². The number of morpholine rings is 1. The molecule has 2 aliphatic rings. The van der Waals surface area contributed by atoms with Crippen LogP contribution in [0.4, 0.5) is 5.95 Å². The summed E-state index contributed by atoms with van der Waals surface area (Å²) in [5.41, 5.74) is 0.914. The van der Waals surface area contributed by atoms with Gasteiger partial charge in [-0.15, -0.1) is 10.2 Å². The van der Waals surface area contributed by atoms with Crippen molar-refractivity contribution in [3.05, 3.63) is 24.4 Å². The second-order valence-electron chi connectivity index (χ2n) is 6.61. The average molecular weight is 300 g/mol. The molecule has 0 amide bonds. The maximum atomic E-state index is 6.35. The van der Waals surface area contributed by atoms with E-state index in [2.05, 4.69) is 26.4 Å². The summed E-state index contributed by atoms with van der Waals surface area (Å²) in [4.78, 5) is 2.38. The number of rotatable bonds is 5. The zero-order valence-electron chi connectivity index (χ0n) is 13.2. The van der Waals surface area contributed by atoms with Gasteiger partial charge in [0, 0.05) is 19.3 Å². The predicted octanol–water partition coefficient (Wildman–Crippen LogP) is 2.90. The number of pyridine rings is 1. The molecule has 2 fully saturated rings. The quantitative estimate of drug-likeness (QED) is 0.851. The molecule has 1 aliphatic heterocycles. The monoisotopic (exact) mass is 300 g/mol. The van der Waals surface area contributed by atoms with Crippen molar-refractivity contribution in [1.82, 2.24) is 14.6 Å². The van der Waals surface area contributed by atoms with Crippen LogP contribution in [0.2, 0.25) is 0 Å². The molecular formula is C17H24N4O. The smallest absolute Gasteiger partial charge is 0.231 e. The van der Waals surface area contributed by atoms with E-state index >= 15 is 0 Å². The van der Waals surface area contributed by atoms with Crippen LogP contribution < -0.4 is 4.90 Å². The van der Waals surface area contributed by atoms with Crippen LogP contribution in [0.15, 0.2) is 24.4 Å². The molecule has 22 heavy (non-hydrogen) atoms. The van der Waals surface area contributed by atoms with Crippen LogP contribution in [0.1, 0.15) is 39.0 Å². The molecule has 4 rings (SSSR count). The molecule has 0 spiro atoms. The number of nitrogens with zero attached hydrogens (tertiary/aromatic N) is 4. The van der Waals surface area contributed by atoms with Gasteiger partial charge in [-0.25, -0.2) is 0 Å². The van der Waals surface area contributed by atoms with Gasteiger partial charge in [0.25, 0.3) is 0 Å². The maximum Gasteiger partial charge on any atom is 0.231 e. The molecule has 1 saturated heterocycles. The summed E-state index contributed by atoms with van der Waals surface area (Å²) in [6.07, 6.45) is 8.99. The Morgan fingerprint density at radius 2 is 2.14 bits per heavy atom. The van der Waals surface area contributed by atoms with E-state index in [-0.39, 0.29) is 0 Å². The summed E-state index contributed by atoms with van der Waals surface area (Å²) in [5, 5.41) is 8.73. The van der Waals surface area contributed by atoms with Crippen molar-refractivity contribution in [1.29, 1.82) is 0 Å². The van der Waals surface area contributed by atoms with Gasteiger partial charge in [0.15, 0.2) is 5.65 Å². The van der Waals surface area contributed by atoms with E-state index in [1.807, 2.05) is 24.4 Å². The lowest BCUT2D eigenvalue weighted by Crippen LogP contribution is -2.49. The number of unbranched alkanes of at least 4 members (excludes halogenated alkanes) is 1. The largest absolute Gasteiger partial charge is 0.371 e. The van der Waals surface area contributed by atoms with Crippen LogP contribution in [-0.4, -0.2) is 39.9 Å². The van der Waals surface area contributed by atoms with Gasteiger partial charge in [-0.1, -0.05) is 25.8 Å². The summed E-state index contributed by atoms with van der Waals surface area (Å²) >= 11 is 0. The van der Waals surface area contributed by atoms with Crippen LogP contribution in [0.5, 0.6) is 0 Å². The first-order chi connectivity index (χ1) is 10.8. The highest BCUT2D eigenvalue weighted by Gasteiger charge is 2.39. The van der Waals surface area contributed by atoms with Crippen LogP contribution in [0, 0.1) is 5.92 Å². The van der Waals surface area contributed by atoms with Crippen LogP contribution in [0.3, 0.4) is 0 Å². The van der Waals surface area contributed by atoms with Gasteiger partial charge in [0.1, 0.15) is 0 Å². The molecule has 0 aromatic carbocycles. The topological polar surface area (TPSA) is 42.7 Å². The second-order valence-corrected chi connectivity index (χ2v) is 6.61. The second kappa shape index (κ2) is 5.88. The zero-order chi connectivity index (χ0) is 14.9. The van der Waals surface area contributed by atoms with Gasteiger partial charge < -0.3 is 9.64 Å². The number of fused-ring (bicyclic) bond motifs is 1. The number of hydrogen-bond donors (Lipinski definition) is 0. The lowest BCUT2D eigenvalue weighted by molar-refractivity contribution is -0.0414. The lowest BCUT2D eigenvalue weighted by Gasteiger charge is -2.38. The number of aromatic nitrogens is 3. The van der Waals surface area contributed by atoms with Crippen LogP contribution >= 0.6 is 0 Å². The first-order valence-corrected chi connectivity index (χ1v) is 8.55. The Morgan fingerprint density at radius 1 is 1.23 bits per heavy atom. The molecule has 2 aromatic rings. The first-order valence-electron chi connectivity index (χ1n) is 8.55. The molecule has 0 N–H and O–H groups in total. The van der Waals surface area contributed by atoms with Gasteiger partial charge >= 0.3 is 0 Å². The molecule has 1 aliphatic carbocycles. The summed E-state index contributed by atoms with van der Waals surface area (Å²) in [7, 11) is 0. The van der Waals surface area contributed by atoms with E-state index in [0.29, 0.717) is 12.2 Å². The Hall–Kier alpha value is -1.62. The Morgan fingerprint density at radius 3 is 2.95 bits per heavy atom. The van der Waals surface area contributed by atoms with Gasteiger partial charge in [-0.05, 0) is 37.3 Å². The van der Waals surface area contributed by atoms with E-state index in [9.17, 15) is 0 Å².